The topological polar surface area (TPSA) is 66.9 Å². The van der Waals surface area contributed by atoms with Crippen LogP contribution >= 0.6 is 23.1 Å². The van der Waals surface area contributed by atoms with Gasteiger partial charge >= 0.3 is 0 Å². The van der Waals surface area contributed by atoms with Crippen molar-refractivity contribution in [3.63, 3.8) is 0 Å². The van der Waals surface area contributed by atoms with Gasteiger partial charge in [0.15, 0.2) is 4.34 Å². The van der Waals surface area contributed by atoms with Crippen molar-refractivity contribution in [3.05, 3.63) is 35.6 Å². The lowest BCUT2D eigenvalue weighted by molar-refractivity contribution is -0.120. The first-order valence-corrected chi connectivity index (χ1v) is 9.08. The van der Waals surface area contributed by atoms with Gasteiger partial charge in [0.05, 0.1) is 5.25 Å². The van der Waals surface area contributed by atoms with E-state index in [1.807, 2.05) is 6.92 Å². The molecular formula is C15H17FN4OS2. The summed E-state index contributed by atoms with van der Waals surface area (Å²) < 4.78 is 13.6. The highest BCUT2D eigenvalue weighted by atomic mass is 32.2. The summed E-state index contributed by atoms with van der Waals surface area (Å²) in [7, 11) is 0. The highest BCUT2D eigenvalue weighted by Gasteiger charge is 2.26. The Hall–Kier alpha value is -1.67. The molecule has 122 valence electrons. The molecule has 1 aliphatic rings. The van der Waals surface area contributed by atoms with Crippen molar-refractivity contribution in [3.8, 4) is 0 Å². The number of nitrogens with one attached hydrogen (secondary N) is 2. The van der Waals surface area contributed by atoms with E-state index in [4.69, 9.17) is 0 Å². The summed E-state index contributed by atoms with van der Waals surface area (Å²) in [5.74, 6) is -0.199. The van der Waals surface area contributed by atoms with Crippen LogP contribution in [0.15, 0.2) is 28.6 Å². The molecule has 8 heteroatoms. The number of thioether (sulfide) groups is 1. The first kappa shape index (κ1) is 16.2. The molecule has 1 aliphatic carbocycles. The van der Waals surface area contributed by atoms with Gasteiger partial charge in [-0.15, -0.1) is 10.2 Å². The molecule has 1 saturated carbocycles. The van der Waals surface area contributed by atoms with Crippen molar-refractivity contribution in [2.24, 2.45) is 0 Å². The predicted molar refractivity (Wildman–Crippen MR) is 90.1 cm³/mol. The second kappa shape index (κ2) is 7.27. The lowest BCUT2D eigenvalue weighted by Crippen LogP contribution is -2.32. The summed E-state index contributed by atoms with van der Waals surface area (Å²) >= 11 is 2.82. The largest absolute Gasteiger partial charge is 0.356 e. The third-order valence-corrected chi connectivity index (χ3v) is 5.40. The molecule has 0 saturated heterocycles. The van der Waals surface area contributed by atoms with E-state index in [-0.39, 0.29) is 17.0 Å². The molecule has 3 rings (SSSR count). The van der Waals surface area contributed by atoms with Gasteiger partial charge in [-0.3, -0.25) is 4.79 Å². The lowest BCUT2D eigenvalue weighted by atomic mass is 10.2. The molecule has 0 spiro atoms. The molecule has 2 N–H and O–H groups in total. The van der Waals surface area contributed by atoms with Gasteiger partial charge in [-0.25, -0.2) is 4.39 Å². The third kappa shape index (κ3) is 4.90. The Bertz CT molecular complexity index is 672. The van der Waals surface area contributed by atoms with E-state index in [0.717, 1.165) is 22.7 Å². The molecule has 1 amide bonds. The molecule has 1 fully saturated rings. The number of hydrogen-bond donors (Lipinski definition) is 2. The Morgan fingerprint density at radius 1 is 1.39 bits per heavy atom. The van der Waals surface area contributed by atoms with Gasteiger partial charge < -0.3 is 10.6 Å². The van der Waals surface area contributed by atoms with Crippen LogP contribution in [0.3, 0.4) is 0 Å². The zero-order chi connectivity index (χ0) is 16.2. The van der Waals surface area contributed by atoms with E-state index in [1.54, 1.807) is 12.1 Å². The molecule has 1 atom stereocenters. The van der Waals surface area contributed by atoms with Crippen LogP contribution in [0.1, 0.15) is 25.3 Å². The van der Waals surface area contributed by atoms with Crippen LogP contribution in [0.25, 0.3) is 0 Å². The molecule has 1 aromatic heterocycles. The predicted octanol–water partition coefficient (Wildman–Crippen LogP) is 3.05. The number of aromatic nitrogens is 2. The zero-order valence-corrected chi connectivity index (χ0v) is 14.2. The van der Waals surface area contributed by atoms with Crippen LogP contribution in [-0.2, 0) is 11.3 Å². The number of benzene rings is 1. The van der Waals surface area contributed by atoms with E-state index in [2.05, 4.69) is 20.8 Å². The first-order valence-electron chi connectivity index (χ1n) is 7.39. The number of rotatable bonds is 7. The van der Waals surface area contributed by atoms with Crippen LogP contribution in [0.4, 0.5) is 9.52 Å². The van der Waals surface area contributed by atoms with E-state index in [1.165, 1.54) is 35.2 Å². The van der Waals surface area contributed by atoms with E-state index in [0.29, 0.717) is 17.7 Å². The number of amides is 1. The van der Waals surface area contributed by atoms with Gasteiger partial charge in [-0.1, -0.05) is 35.2 Å². The van der Waals surface area contributed by atoms with Crippen molar-refractivity contribution in [2.45, 2.75) is 41.9 Å². The Morgan fingerprint density at radius 3 is 2.83 bits per heavy atom. The maximum Gasteiger partial charge on any atom is 0.233 e. The number of carbonyl (C=O) groups excluding carboxylic acids is 1. The van der Waals surface area contributed by atoms with Crippen LogP contribution in [0.2, 0.25) is 0 Å². The number of hydrogen-bond acceptors (Lipinski definition) is 6. The molecule has 23 heavy (non-hydrogen) atoms. The minimum absolute atomic E-state index is 0.0496. The molecule has 1 heterocycles. The zero-order valence-electron chi connectivity index (χ0n) is 12.6. The van der Waals surface area contributed by atoms with Gasteiger partial charge in [-0.05, 0) is 37.5 Å². The minimum atomic E-state index is -0.248. The van der Waals surface area contributed by atoms with Gasteiger partial charge in [0.2, 0.25) is 11.0 Å². The van der Waals surface area contributed by atoms with Gasteiger partial charge in [-0.2, -0.15) is 0 Å². The van der Waals surface area contributed by atoms with Gasteiger partial charge in [0.1, 0.15) is 5.82 Å². The summed E-state index contributed by atoms with van der Waals surface area (Å²) in [4.78, 5) is 11.9. The molecule has 0 bridgehead atoms. The first-order chi connectivity index (χ1) is 11.1. The number of anilines is 1. The normalized spacial score (nSPS) is 15.2. The van der Waals surface area contributed by atoms with E-state index >= 15 is 0 Å². The fraction of sp³-hybridized carbons (Fsp3) is 0.400. The summed E-state index contributed by atoms with van der Waals surface area (Å²) in [5, 5.41) is 14.8. The second-order valence-electron chi connectivity index (χ2n) is 5.40. The Labute approximate surface area is 142 Å². The minimum Gasteiger partial charge on any atom is -0.356 e. The molecule has 5 nitrogen and oxygen atoms in total. The maximum atomic E-state index is 12.8. The van der Waals surface area contributed by atoms with Gasteiger partial charge in [0.25, 0.3) is 0 Å². The standard InChI is InChI=1S/C15H17FN4OS2/c1-9(13(21)18-12-6-7-12)22-15-20-19-14(23-15)17-8-10-2-4-11(16)5-3-10/h2-5,9,12H,6-8H2,1H3,(H,17,19)(H,18,21). The molecule has 0 aliphatic heterocycles. The quantitative estimate of drug-likeness (QED) is 0.750. The average molecular weight is 352 g/mol. The molecule has 2 aromatic rings. The monoisotopic (exact) mass is 352 g/mol. The highest BCUT2D eigenvalue weighted by Crippen LogP contribution is 2.30. The maximum absolute atomic E-state index is 12.8. The van der Waals surface area contributed by atoms with Crippen LogP contribution < -0.4 is 10.6 Å². The van der Waals surface area contributed by atoms with E-state index < -0.39 is 0 Å². The van der Waals surface area contributed by atoms with Crippen molar-refractivity contribution in [1.29, 1.82) is 0 Å². The number of carbonyl (C=O) groups is 1. The molecule has 1 aromatic carbocycles. The van der Waals surface area contributed by atoms with Crippen molar-refractivity contribution in [1.82, 2.24) is 15.5 Å². The number of halogens is 1. The van der Waals surface area contributed by atoms with Gasteiger partial charge in [0, 0.05) is 12.6 Å². The summed E-state index contributed by atoms with van der Waals surface area (Å²) in [6, 6.07) is 6.68. The van der Waals surface area contributed by atoms with Crippen molar-refractivity contribution >= 4 is 34.1 Å². The third-order valence-electron chi connectivity index (χ3n) is 3.33. The molecular weight excluding hydrogens is 335 g/mol. The van der Waals surface area contributed by atoms with Crippen molar-refractivity contribution in [2.75, 3.05) is 5.32 Å². The van der Waals surface area contributed by atoms with Crippen LogP contribution in [-0.4, -0.2) is 27.4 Å². The average Bonchev–Trinajstić information content (AvgIpc) is 3.24. The Morgan fingerprint density at radius 2 is 2.13 bits per heavy atom. The second-order valence-corrected chi connectivity index (χ2v) is 7.96. The lowest BCUT2D eigenvalue weighted by Gasteiger charge is -2.08. The van der Waals surface area contributed by atoms with Crippen LogP contribution in [0, 0.1) is 5.82 Å². The number of nitrogens with zero attached hydrogens (tertiary/aromatic N) is 2. The van der Waals surface area contributed by atoms with E-state index in [9.17, 15) is 9.18 Å². The molecule has 1 unspecified atom stereocenters. The van der Waals surface area contributed by atoms with Crippen LogP contribution in [0.5, 0.6) is 0 Å². The highest BCUT2D eigenvalue weighted by molar-refractivity contribution is 8.02. The Kier molecular flexibility index (Phi) is 5.12. The summed E-state index contributed by atoms with van der Waals surface area (Å²) in [6.07, 6.45) is 2.17. The van der Waals surface area contributed by atoms with Crippen molar-refractivity contribution < 1.29 is 9.18 Å². The summed E-state index contributed by atoms with van der Waals surface area (Å²) in [5.41, 5.74) is 0.966. The molecule has 0 radical (unpaired) electrons. The summed E-state index contributed by atoms with van der Waals surface area (Å²) in [6.45, 7) is 2.42. The fourth-order valence-corrected chi connectivity index (χ4v) is 3.76. The Balaban J connectivity index is 1.49. The fourth-order valence-electron chi connectivity index (χ4n) is 1.86. The smallest absolute Gasteiger partial charge is 0.233 e. The SMILES string of the molecule is CC(Sc1nnc(NCc2ccc(F)cc2)s1)C(=O)NC1CC1.